The summed E-state index contributed by atoms with van der Waals surface area (Å²) in [4.78, 5) is 25.0. The molecular formula is C13H14N4O2. The van der Waals surface area contributed by atoms with Gasteiger partial charge >= 0.3 is 5.97 Å². The van der Waals surface area contributed by atoms with Crippen molar-refractivity contribution in [3.05, 3.63) is 47.7 Å². The Morgan fingerprint density at radius 2 is 2.21 bits per heavy atom. The van der Waals surface area contributed by atoms with Crippen molar-refractivity contribution in [2.75, 3.05) is 11.9 Å². The maximum Gasteiger partial charge on any atom is 0.341 e. The molecule has 6 heteroatoms. The van der Waals surface area contributed by atoms with Gasteiger partial charge in [-0.1, -0.05) is 6.07 Å². The van der Waals surface area contributed by atoms with Crippen LogP contribution < -0.4 is 4.90 Å². The zero-order valence-electron chi connectivity index (χ0n) is 10.7. The summed E-state index contributed by atoms with van der Waals surface area (Å²) >= 11 is 0. The first-order chi connectivity index (χ1) is 9.08. The lowest BCUT2D eigenvalue weighted by molar-refractivity contribution is 0.0696. The summed E-state index contributed by atoms with van der Waals surface area (Å²) in [7, 11) is 1.78. The number of hydrogen-bond donors (Lipinski definition) is 1. The Morgan fingerprint density at radius 3 is 2.89 bits per heavy atom. The maximum atomic E-state index is 11.1. The van der Waals surface area contributed by atoms with Crippen molar-refractivity contribution in [3.8, 4) is 0 Å². The van der Waals surface area contributed by atoms with Gasteiger partial charge in [0.2, 0.25) is 0 Å². The Morgan fingerprint density at radius 1 is 1.42 bits per heavy atom. The van der Waals surface area contributed by atoms with E-state index in [0.717, 1.165) is 11.4 Å². The molecule has 0 saturated carbocycles. The minimum Gasteiger partial charge on any atom is -0.477 e. The van der Waals surface area contributed by atoms with Crippen molar-refractivity contribution < 1.29 is 9.90 Å². The number of rotatable bonds is 4. The fraction of sp³-hybridized carbons (Fsp3) is 0.231. The van der Waals surface area contributed by atoms with E-state index in [1.54, 1.807) is 11.9 Å². The molecule has 0 bridgehead atoms. The molecule has 0 aliphatic carbocycles. The van der Waals surface area contributed by atoms with Gasteiger partial charge < -0.3 is 10.0 Å². The molecule has 98 valence electrons. The van der Waals surface area contributed by atoms with Crippen molar-refractivity contribution in [2.45, 2.75) is 13.5 Å². The van der Waals surface area contributed by atoms with Gasteiger partial charge in [-0.15, -0.1) is 0 Å². The number of nitrogens with zero attached hydrogens (tertiary/aromatic N) is 4. The third-order valence-corrected chi connectivity index (χ3v) is 2.63. The molecule has 0 unspecified atom stereocenters. The third kappa shape index (κ3) is 3.04. The van der Waals surface area contributed by atoms with Crippen molar-refractivity contribution in [1.29, 1.82) is 0 Å². The highest BCUT2D eigenvalue weighted by atomic mass is 16.4. The van der Waals surface area contributed by atoms with E-state index in [2.05, 4.69) is 15.0 Å². The van der Waals surface area contributed by atoms with Gasteiger partial charge in [-0.2, -0.15) is 0 Å². The summed E-state index contributed by atoms with van der Waals surface area (Å²) in [6.45, 7) is 2.40. The third-order valence-electron chi connectivity index (χ3n) is 2.63. The summed E-state index contributed by atoms with van der Waals surface area (Å²) in [5.74, 6) is -0.662. The second-order valence-corrected chi connectivity index (χ2v) is 4.19. The van der Waals surface area contributed by atoms with Crippen molar-refractivity contribution in [2.24, 2.45) is 0 Å². The van der Waals surface area contributed by atoms with E-state index < -0.39 is 5.97 Å². The van der Waals surface area contributed by atoms with Gasteiger partial charge in [0.1, 0.15) is 17.7 Å². The van der Waals surface area contributed by atoms with E-state index in [0.29, 0.717) is 12.4 Å². The number of aryl methyl sites for hydroxylation is 1. The van der Waals surface area contributed by atoms with Gasteiger partial charge in [0.15, 0.2) is 0 Å². The highest BCUT2D eigenvalue weighted by Gasteiger charge is 2.15. The zero-order chi connectivity index (χ0) is 13.8. The van der Waals surface area contributed by atoms with Crippen LogP contribution in [-0.2, 0) is 6.54 Å². The topological polar surface area (TPSA) is 79.2 Å². The van der Waals surface area contributed by atoms with Crippen LogP contribution in [-0.4, -0.2) is 33.1 Å². The number of anilines is 1. The average Bonchev–Trinajstić information content (AvgIpc) is 2.38. The highest BCUT2D eigenvalue weighted by molar-refractivity contribution is 5.92. The van der Waals surface area contributed by atoms with E-state index in [1.165, 1.54) is 12.5 Å². The first kappa shape index (κ1) is 12.9. The van der Waals surface area contributed by atoms with Gasteiger partial charge in [-0.3, -0.25) is 4.98 Å². The first-order valence-electron chi connectivity index (χ1n) is 5.75. The number of hydrogen-bond acceptors (Lipinski definition) is 5. The quantitative estimate of drug-likeness (QED) is 0.895. The van der Waals surface area contributed by atoms with Crippen LogP contribution in [0, 0.1) is 6.92 Å². The largest absolute Gasteiger partial charge is 0.477 e. The smallest absolute Gasteiger partial charge is 0.341 e. The van der Waals surface area contributed by atoms with Crippen molar-refractivity contribution >= 4 is 11.8 Å². The van der Waals surface area contributed by atoms with Crippen LogP contribution in [0.4, 0.5) is 5.82 Å². The fourth-order valence-corrected chi connectivity index (χ4v) is 1.78. The second kappa shape index (κ2) is 5.43. The Balaban J connectivity index is 2.25. The molecular weight excluding hydrogens is 244 g/mol. The summed E-state index contributed by atoms with van der Waals surface area (Å²) in [5.41, 5.74) is 1.86. The van der Waals surface area contributed by atoms with Gasteiger partial charge in [0.25, 0.3) is 0 Å². The van der Waals surface area contributed by atoms with Crippen LogP contribution in [0.15, 0.2) is 30.7 Å². The molecule has 0 atom stereocenters. The average molecular weight is 258 g/mol. The summed E-state index contributed by atoms with van der Waals surface area (Å²) in [5, 5.41) is 9.10. The Hall–Kier alpha value is -2.50. The molecule has 0 radical (unpaired) electrons. The number of carboxylic acids is 1. The van der Waals surface area contributed by atoms with Crippen LogP contribution in [0.3, 0.4) is 0 Å². The molecule has 2 heterocycles. The normalized spacial score (nSPS) is 10.2. The maximum absolute atomic E-state index is 11.1. The Bertz CT molecular complexity index is 601. The monoisotopic (exact) mass is 258 g/mol. The molecule has 1 N–H and O–H groups in total. The van der Waals surface area contributed by atoms with Crippen LogP contribution in [0.2, 0.25) is 0 Å². The van der Waals surface area contributed by atoms with Gasteiger partial charge in [-0.05, 0) is 19.1 Å². The van der Waals surface area contributed by atoms with E-state index in [-0.39, 0.29) is 5.56 Å². The van der Waals surface area contributed by atoms with Crippen molar-refractivity contribution in [1.82, 2.24) is 15.0 Å². The lowest BCUT2D eigenvalue weighted by atomic mass is 10.2. The van der Waals surface area contributed by atoms with E-state index in [1.807, 2.05) is 25.1 Å². The molecule has 6 nitrogen and oxygen atoms in total. The van der Waals surface area contributed by atoms with Crippen LogP contribution in [0.5, 0.6) is 0 Å². The molecule has 2 rings (SSSR count). The first-order valence-corrected chi connectivity index (χ1v) is 5.75. The predicted octanol–water partition coefficient (Wildman–Crippen LogP) is 1.51. The van der Waals surface area contributed by atoms with Crippen LogP contribution in [0.1, 0.15) is 21.7 Å². The molecule has 0 fully saturated rings. The standard InChI is InChI=1S/C13H14N4O2/c1-9-4-3-5-10(16-9)7-17(2)12-11(13(18)19)6-14-8-15-12/h3-6,8H,7H2,1-2H3,(H,18,19). The number of pyridine rings is 1. The summed E-state index contributed by atoms with van der Waals surface area (Å²) in [6, 6.07) is 5.73. The second-order valence-electron chi connectivity index (χ2n) is 4.19. The minimum atomic E-state index is -1.04. The van der Waals surface area contributed by atoms with Crippen LogP contribution >= 0.6 is 0 Å². The van der Waals surface area contributed by atoms with Crippen LogP contribution in [0.25, 0.3) is 0 Å². The van der Waals surface area contributed by atoms with Crippen molar-refractivity contribution in [3.63, 3.8) is 0 Å². The van der Waals surface area contributed by atoms with E-state index in [9.17, 15) is 4.79 Å². The Labute approximate surface area is 110 Å². The molecule has 2 aromatic heterocycles. The van der Waals surface area contributed by atoms with E-state index in [4.69, 9.17) is 5.11 Å². The van der Waals surface area contributed by atoms with Gasteiger partial charge in [0.05, 0.1) is 12.2 Å². The fourth-order valence-electron chi connectivity index (χ4n) is 1.78. The number of aromatic carboxylic acids is 1. The molecule has 0 aromatic carbocycles. The number of carbonyl (C=O) groups is 1. The SMILES string of the molecule is Cc1cccc(CN(C)c2ncncc2C(=O)O)n1. The lowest BCUT2D eigenvalue weighted by Gasteiger charge is -2.19. The molecule has 0 amide bonds. The Kier molecular flexibility index (Phi) is 3.70. The van der Waals surface area contributed by atoms with Gasteiger partial charge in [-0.25, -0.2) is 14.8 Å². The molecule has 0 aliphatic rings. The molecule has 0 spiro atoms. The number of carboxylic acid groups (broad SMARTS) is 1. The molecule has 2 aromatic rings. The van der Waals surface area contributed by atoms with E-state index >= 15 is 0 Å². The minimum absolute atomic E-state index is 0.0812. The predicted molar refractivity (Wildman–Crippen MR) is 70.1 cm³/mol. The van der Waals surface area contributed by atoms with Gasteiger partial charge in [0, 0.05) is 18.9 Å². The highest BCUT2D eigenvalue weighted by Crippen LogP contribution is 2.16. The summed E-state index contributed by atoms with van der Waals surface area (Å²) < 4.78 is 0. The summed E-state index contributed by atoms with van der Waals surface area (Å²) in [6.07, 6.45) is 2.63. The molecule has 19 heavy (non-hydrogen) atoms. The molecule has 0 saturated heterocycles. The number of aromatic nitrogens is 3. The zero-order valence-corrected chi connectivity index (χ0v) is 10.7. The molecule has 0 aliphatic heterocycles. The lowest BCUT2D eigenvalue weighted by Crippen LogP contribution is -2.21.